The summed E-state index contributed by atoms with van der Waals surface area (Å²) in [6.07, 6.45) is 2.16. The zero-order valence-corrected chi connectivity index (χ0v) is 15.4. The quantitative estimate of drug-likeness (QED) is 0.900. The zero-order chi connectivity index (χ0) is 17.9. The van der Waals surface area contributed by atoms with Crippen molar-refractivity contribution in [2.45, 2.75) is 38.3 Å². The Kier molecular flexibility index (Phi) is 4.93. The Morgan fingerprint density at radius 3 is 3.04 bits per heavy atom. The molecule has 2 amide bonds. The van der Waals surface area contributed by atoms with Gasteiger partial charge in [-0.15, -0.1) is 11.3 Å². The monoisotopic (exact) mass is 370 g/mol. The third-order valence-corrected chi connectivity index (χ3v) is 6.04. The average Bonchev–Trinajstić information content (AvgIpc) is 3.14. The van der Waals surface area contributed by atoms with Crippen LogP contribution in [0.25, 0.3) is 0 Å². The summed E-state index contributed by atoms with van der Waals surface area (Å²) in [5.74, 6) is 0.817. The molecule has 1 unspecified atom stereocenters. The molecule has 2 aliphatic rings. The van der Waals surface area contributed by atoms with Gasteiger partial charge in [-0.2, -0.15) is 0 Å². The first-order chi connectivity index (χ1) is 12.7. The maximum atomic E-state index is 12.5. The number of amides is 2. The maximum absolute atomic E-state index is 12.5. The number of rotatable bonds is 4. The molecule has 3 heterocycles. The Bertz CT molecular complexity index is 817. The van der Waals surface area contributed by atoms with Gasteiger partial charge >= 0.3 is 0 Å². The summed E-state index contributed by atoms with van der Waals surface area (Å²) in [5, 5.41) is 5.14. The lowest BCUT2D eigenvalue weighted by atomic mass is 10.0. The molecule has 2 aromatic rings. The van der Waals surface area contributed by atoms with Crippen LogP contribution in [-0.4, -0.2) is 29.9 Å². The largest absolute Gasteiger partial charge is 0.493 e. The van der Waals surface area contributed by atoms with Crippen molar-refractivity contribution in [3.63, 3.8) is 0 Å². The fraction of sp³-hybridized carbons (Fsp3) is 0.400. The van der Waals surface area contributed by atoms with Crippen molar-refractivity contribution >= 4 is 23.2 Å². The molecule has 26 heavy (non-hydrogen) atoms. The maximum Gasteiger partial charge on any atom is 0.223 e. The van der Waals surface area contributed by atoms with E-state index in [2.05, 4.69) is 16.8 Å². The minimum absolute atomic E-state index is 0.0362. The smallest absolute Gasteiger partial charge is 0.223 e. The van der Waals surface area contributed by atoms with Gasteiger partial charge in [-0.1, -0.05) is 18.2 Å². The average molecular weight is 370 g/mol. The summed E-state index contributed by atoms with van der Waals surface area (Å²) >= 11 is 1.76. The van der Waals surface area contributed by atoms with E-state index in [0.29, 0.717) is 13.2 Å². The van der Waals surface area contributed by atoms with Gasteiger partial charge < -0.3 is 15.0 Å². The van der Waals surface area contributed by atoms with Crippen LogP contribution in [0.1, 0.15) is 41.3 Å². The van der Waals surface area contributed by atoms with E-state index in [1.165, 1.54) is 10.4 Å². The predicted octanol–water partition coefficient (Wildman–Crippen LogP) is 3.05. The first-order valence-electron chi connectivity index (χ1n) is 9.05. The molecular formula is C20H22N2O3S. The Labute approximate surface area is 157 Å². The second-order valence-electron chi connectivity index (χ2n) is 6.73. The number of hydrogen-bond acceptors (Lipinski definition) is 4. The van der Waals surface area contributed by atoms with Gasteiger partial charge in [0.15, 0.2) is 0 Å². The first-order valence-corrected chi connectivity index (χ1v) is 9.93. The van der Waals surface area contributed by atoms with E-state index in [0.717, 1.165) is 30.7 Å². The highest BCUT2D eigenvalue weighted by Crippen LogP contribution is 2.31. The molecule has 0 saturated carbocycles. The van der Waals surface area contributed by atoms with Crippen molar-refractivity contribution < 1.29 is 14.3 Å². The molecule has 0 radical (unpaired) electrons. The van der Waals surface area contributed by atoms with Gasteiger partial charge in [0, 0.05) is 42.8 Å². The van der Waals surface area contributed by atoms with E-state index >= 15 is 0 Å². The van der Waals surface area contributed by atoms with E-state index in [4.69, 9.17) is 4.74 Å². The topological polar surface area (TPSA) is 58.6 Å². The Morgan fingerprint density at radius 2 is 2.12 bits per heavy atom. The Balaban J connectivity index is 1.29. The molecule has 1 atom stereocenters. The number of nitrogens with one attached hydrogen (secondary N) is 1. The van der Waals surface area contributed by atoms with Gasteiger partial charge in [-0.25, -0.2) is 0 Å². The molecule has 0 fully saturated rings. The number of carbonyl (C=O) groups is 2. The molecule has 5 nitrogen and oxygen atoms in total. The standard InChI is InChI=1S/C20H22N2O3S/c23-19(21-16-8-11-25-17-4-2-1-3-15(16)17)5-6-20(24)22-10-7-18-14(13-22)9-12-26-18/h1-4,9,12,16H,5-8,10-11,13H2,(H,21,23). The second kappa shape index (κ2) is 7.50. The van der Waals surface area contributed by atoms with E-state index in [1.54, 1.807) is 11.3 Å². The molecule has 0 aliphatic carbocycles. The van der Waals surface area contributed by atoms with Crippen LogP contribution < -0.4 is 10.1 Å². The number of fused-ring (bicyclic) bond motifs is 2. The lowest BCUT2D eigenvalue weighted by Gasteiger charge is -2.28. The van der Waals surface area contributed by atoms with Crippen LogP contribution in [-0.2, 0) is 22.6 Å². The normalized spacial score (nSPS) is 18.5. The van der Waals surface area contributed by atoms with Crippen LogP contribution in [0, 0.1) is 0 Å². The summed E-state index contributed by atoms with van der Waals surface area (Å²) in [4.78, 5) is 28.0. The number of carbonyl (C=O) groups excluding carboxylic acids is 2. The second-order valence-corrected chi connectivity index (χ2v) is 7.73. The summed E-state index contributed by atoms with van der Waals surface area (Å²) < 4.78 is 5.62. The lowest BCUT2D eigenvalue weighted by molar-refractivity contribution is -0.134. The van der Waals surface area contributed by atoms with Crippen LogP contribution in [0.5, 0.6) is 5.75 Å². The molecule has 0 spiro atoms. The van der Waals surface area contributed by atoms with E-state index < -0.39 is 0 Å². The molecule has 0 bridgehead atoms. The first kappa shape index (κ1) is 17.1. The lowest BCUT2D eigenvalue weighted by Crippen LogP contribution is -2.37. The summed E-state index contributed by atoms with van der Waals surface area (Å²) in [6.45, 7) is 2.02. The van der Waals surface area contributed by atoms with E-state index in [-0.39, 0.29) is 30.7 Å². The molecule has 2 aliphatic heterocycles. The molecule has 6 heteroatoms. The Morgan fingerprint density at radius 1 is 1.23 bits per heavy atom. The van der Waals surface area contributed by atoms with Crippen LogP contribution in [0.2, 0.25) is 0 Å². The SMILES string of the molecule is O=C(CCC(=O)N1CCc2sccc2C1)NC1CCOc2ccccc21. The minimum atomic E-state index is -0.0757. The summed E-state index contributed by atoms with van der Waals surface area (Å²) in [6, 6.07) is 9.84. The van der Waals surface area contributed by atoms with Gasteiger partial charge in [-0.05, 0) is 29.5 Å². The summed E-state index contributed by atoms with van der Waals surface area (Å²) in [7, 11) is 0. The number of para-hydroxylation sites is 1. The van der Waals surface area contributed by atoms with Crippen LogP contribution >= 0.6 is 11.3 Å². The molecule has 0 saturated heterocycles. The van der Waals surface area contributed by atoms with Gasteiger partial charge in [0.1, 0.15) is 5.75 Å². The van der Waals surface area contributed by atoms with Gasteiger partial charge in [0.25, 0.3) is 0 Å². The van der Waals surface area contributed by atoms with Crippen LogP contribution in [0.15, 0.2) is 35.7 Å². The number of thiophene rings is 1. The molecule has 1 aromatic heterocycles. The fourth-order valence-electron chi connectivity index (χ4n) is 3.60. The minimum Gasteiger partial charge on any atom is -0.493 e. The van der Waals surface area contributed by atoms with Crippen molar-refractivity contribution in [2.24, 2.45) is 0 Å². The van der Waals surface area contributed by atoms with Crippen molar-refractivity contribution in [3.05, 3.63) is 51.7 Å². The predicted molar refractivity (Wildman–Crippen MR) is 100 cm³/mol. The summed E-state index contributed by atoms with van der Waals surface area (Å²) in [5.41, 5.74) is 2.26. The van der Waals surface area contributed by atoms with Crippen molar-refractivity contribution in [1.82, 2.24) is 10.2 Å². The number of hydrogen-bond donors (Lipinski definition) is 1. The third-order valence-electron chi connectivity index (χ3n) is 5.02. The number of ether oxygens (including phenoxy) is 1. The van der Waals surface area contributed by atoms with Crippen molar-refractivity contribution in [1.29, 1.82) is 0 Å². The molecule has 136 valence electrons. The van der Waals surface area contributed by atoms with Crippen molar-refractivity contribution in [2.75, 3.05) is 13.2 Å². The van der Waals surface area contributed by atoms with Crippen LogP contribution in [0.3, 0.4) is 0 Å². The highest BCUT2D eigenvalue weighted by atomic mass is 32.1. The fourth-order valence-corrected chi connectivity index (χ4v) is 4.49. The van der Waals surface area contributed by atoms with E-state index in [1.807, 2.05) is 29.2 Å². The number of nitrogens with zero attached hydrogens (tertiary/aromatic N) is 1. The van der Waals surface area contributed by atoms with Gasteiger partial charge in [0.05, 0.1) is 12.6 Å². The highest BCUT2D eigenvalue weighted by Gasteiger charge is 2.24. The number of benzene rings is 1. The molecule has 1 N–H and O–H groups in total. The van der Waals surface area contributed by atoms with E-state index in [9.17, 15) is 9.59 Å². The zero-order valence-electron chi connectivity index (χ0n) is 14.6. The third kappa shape index (κ3) is 3.60. The molecule has 4 rings (SSSR count). The van der Waals surface area contributed by atoms with Gasteiger partial charge in [0.2, 0.25) is 11.8 Å². The van der Waals surface area contributed by atoms with Crippen molar-refractivity contribution in [3.8, 4) is 5.75 Å². The molecular weight excluding hydrogens is 348 g/mol. The molecule has 1 aromatic carbocycles. The highest BCUT2D eigenvalue weighted by molar-refractivity contribution is 7.10. The Hall–Kier alpha value is -2.34. The van der Waals surface area contributed by atoms with Crippen LogP contribution in [0.4, 0.5) is 0 Å². The van der Waals surface area contributed by atoms with Gasteiger partial charge in [-0.3, -0.25) is 9.59 Å².